The molecule has 0 bridgehead atoms. The molecule has 2 nitrogen and oxygen atoms in total. The van der Waals surface area contributed by atoms with E-state index in [0.717, 1.165) is 0 Å². The Morgan fingerprint density at radius 1 is 0.500 bits per heavy atom. The summed E-state index contributed by atoms with van der Waals surface area (Å²) in [6.45, 7) is 0. The molecule has 2 aliphatic carbocycles. The maximum absolute atomic E-state index is 4.10. The predicted molar refractivity (Wildman–Crippen MR) is 118 cm³/mol. The van der Waals surface area contributed by atoms with Crippen molar-refractivity contribution < 1.29 is 0 Å². The van der Waals surface area contributed by atoms with Crippen LogP contribution in [0.3, 0.4) is 0 Å². The average Bonchev–Trinajstić information content (AvgIpc) is 2.79. The molecule has 0 saturated heterocycles. The fourth-order valence-corrected chi connectivity index (χ4v) is 5.14. The van der Waals surface area contributed by atoms with Crippen LogP contribution in [-0.4, -0.2) is 12.1 Å². The van der Waals surface area contributed by atoms with E-state index in [1.165, 1.54) is 75.3 Å². The Kier molecular flexibility index (Phi) is 7.18. The zero-order chi connectivity index (χ0) is 19.0. The maximum atomic E-state index is 4.10. The second kappa shape index (κ2) is 10.2. The van der Waals surface area contributed by atoms with Crippen molar-refractivity contribution in [2.45, 2.75) is 88.4 Å². The number of rotatable bonds is 7. The lowest BCUT2D eigenvalue weighted by Crippen LogP contribution is -2.44. The van der Waals surface area contributed by atoms with Crippen molar-refractivity contribution in [1.82, 2.24) is 10.6 Å². The highest BCUT2D eigenvalue weighted by molar-refractivity contribution is 5.28. The zero-order valence-corrected chi connectivity index (χ0v) is 17.2. The van der Waals surface area contributed by atoms with Crippen LogP contribution < -0.4 is 10.6 Å². The van der Waals surface area contributed by atoms with Gasteiger partial charge in [0.15, 0.2) is 0 Å². The fourth-order valence-electron chi connectivity index (χ4n) is 5.14. The van der Waals surface area contributed by atoms with Crippen LogP contribution in [0.15, 0.2) is 60.7 Å². The average molecular weight is 377 g/mol. The SMILES string of the molecule is c1ccc([C@H](NC2CCCCC2)[C@@H](NC2CCCCC2)c2ccccc2)cc1. The third kappa shape index (κ3) is 5.24. The molecule has 0 amide bonds. The molecule has 2 heteroatoms. The topological polar surface area (TPSA) is 24.1 Å². The molecule has 4 rings (SSSR count). The fraction of sp³-hybridized carbons (Fsp3) is 0.538. The first kappa shape index (κ1) is 19.7. The smallest absolute Gasteiger partial charge is 0.0520 e. The molecule has 0 radical (unpaired) electrons. The number of nitrogens with one attached hydrogen (secondary N) is 2. The predicted octanol–water partition coefficient (Wildman–Crippen LogP) is 6.31. The largest absolute Gasteiger partial charge is 0.306 e. The highest BCUT2D eigenvalue weighted by atomic mass is 15.1. The summed E-state index contributed by atoms with van der Waals surface area (Å²) in [7, 11) is 0. The van der Waals surface area contributed by atoms with Gasteiger partial charge in [0.05, 0.1) is 12.1 Å². The molecular formula is C26H36N2. The molecule has 0 unspecified atom stereocenters. The quantitative estimate of drug-likeness (QED) is 0.591. The molecule has 0 aliphatic heterocycles. The van der Waals surface area contributed by atoms with Crippen molar-refractivity contribution in [2.24, 2.45) is 0 Å². The number of benzene rings is 2. The van der Waals surface area contributed by atoms with Gasteiger partial charge in [-0.3, -0.25) is 0 Å². The van der Waals surface area contributed by atoms with Crippen molar-refractivity contribution in [3.8, 4) is 0 Å². The zero-order valence-electron chi connectivity index (χ0n) is 17.2. The standard InChI is InChI=1S/C26H36N2/c1-5-13-21(14-6-1)25(27-23-17-9-3-10-18-23)26(22-15-7-2-8-16-22)28-24-19-11-4-12-20-24/h1-2,5-8,13-16,23-28H,3-4,9-12,17-20H2/t25-,26-/m0/s1. The van der Waals surface area contributed by atoms with Crippen molar-refractivity contribution in [3.63, 3.8) is 0 Å². The van der Waals surface area contributed by atoms with Crippen LogP contribution in [-0.2, 0) is 0 Å². The van der Waals surface area contributed by atoms with Gasteiger partial charge in [0.2, 0.25) is 0 Å². The maximum Gasteiger partial charge on any atom is 0.0520 e. The van der Waals surface area contributed by atoms with E-state index in [1.807, 2.05) is 0 Å². The van der Waals surface area contributed by atoms with Gasteiger partial charge in [-0.1, -0.05) is 99.2 Å². The second-order valence-electron chi connectivity index (χ2n) is 8.78. The van der Waals surface area contributed by atoms with Crippen molar-refractivity contribution in [3.05, 3.63) is 71.8 Å². The molecule has 0 spiro atoms. The van der Waals surface area contributed by atoms with Gasteiger partial charge in [0, 0.05) is 12.1 Å². The van der Waals surface area contributed by atoms with Gasteiger partial charge < -0.3 is 10.6 Å². The Balaban J connectivity index is 1.62. The molecule has 0 aromatic heterocycles. The summed E-state index contributed by atoms with van der Waals surface area (Å²) in [5, 5.41) is 8.20. The number of hydrogen-bond donors (Lipinski definition) is 2. The van der Waals surface area contributed by atoms with Crippen LogP contribution >= 0.6 is 0 Å². The van der Waals surface area contributed by atoms with Crippen LogP contribution in [0, 0.1) is 0 Å². The van der Waals surface area contributed by atoms with E-state index in [1.54, 1.807) is 0 Å². The summed E-state index contributed by atoms with van der Waals surface area (Å²) < 4.78 is 0. The molecule has 28 heavy (non-hydrogen) atoms. The molecule has 2 fully saturated rings. The summed E-state index contributed by atoms with van der Waals surface area (Å²) in [6, 6.07) is 24.1. The molecule has 2 aromatic carbocycles. The summed E-state index contributed by atoms with van der Waals surface area (Å²) in [5.74, 6) is 0. The van der Waals surface area contributed by atoms with Crippen molar-refractivity contribution in [1.29, 1.82) is 0 Å². The van der Waals surface area contributed by atoms with Crippen molar-refractivity contribution in [2.75, 3.05) is 0 Å². The van der Waals surface area contributed by atoms with Crippen LogP contribution in [0.1, 0.15) is 87.4 Å². The molecule has 0 heterocycles. The Bertz CT molecular complexity index is 611. The first-order chi connectivity index (χ1) is 13.9. The Morgan fingerprint density at radius 3 is 1.21 bits per heavy atom. The Hall–Kier alpha value is -1.64. The summed E-state index contributed by atoms with van der Waals surface area (Å²) in [4.78, 5) is 0. The van der Waals surface area contributed by atoms with Gasteiger partial charge in [0.25, 0.3) is 0 Å². The van der Waals surface area contributed by atoms with Gasteiger partial charge in [-0.15, -0.1) is 0 Å². The van der Waals surface area contributed by atoms with E-state index in [0.29, 0.717) is 24.2 Å². The van der Waals surface area contributed by atoms with E-state index < -0.39 is 0 Å². The minimum Gasteiger partial charge on any atom is -0.306 e. The normalized spacial score (nSPS) is 21.3. The summed E-state index contributed by atoms with van der Waals surface area (Å²) >= 11 is 0. The minimum absolute atomic E-state index is 0.314. The van der Waals surface area contributed by atoms with E-state index in [-0.39, 0.29) is 0 Å². The lowest BCUT2D eigenvalue weighted by atomic mass is 9.87. The molecule has 2 aromatic rings. The summed E-state index contributed by atoms with van der Waals surface area (Å²) in [6.07, 6.45) is 13.5. The third-order valence-corrected chi connectivity index (χ3v) is 6.69. The lowest BCUT2D eigenvalue weighted by Gasteiger charge is -2.37. The first-order valence-electron chi connectivity index (χ1n) is 11.5. The van der Waals surface area contributed by atoms with Crippen LogP contribution in [0.5, 0.6) is 0 Å². The lowest BCUT2D eigenvalue weighted by molar-refractivity contribution is 0.261. The number of hydrogen-bond acceptors (Lipinski definition) is 2. The molecule has 2 saturated carbocycles. The van der Waals surface area contributed by atoms with Crippen LogP contribution in [0.2, 0.25) is 0 Å². The second-order valence-corrected chi connectivity index (χ2v) is 8.78. The Labute approximate surface area is 171 Å². The molecule has 2 N–H and O–H groups in total. The monoisotopic (exact) mass is 376 g/mol. The van der Waals surface area contributed by atoms with E-state index >= 15 is 0 Å². The molecule has 2 atom stereocenters. The highest BCUT2D eigenvalue weighted by Crippen LogP contribution is 2.33. The van der Waals surface area contributed by atoms with Gasteiger partial charge in [-0.2, -0.15) is 0 Å². The van der Waals surface area contributed by atoms with Crippen LogP contribution in [0.4, 0.5) is 0 Å². The minimum atomic E-state index is 0.314. The van der Waals surface area contributed by atoms with Crippen LogP contribution in [0.25, 0.3) is 0 Å². The van der Waals surface area contributed by atoms with Gasteiger partial charge in [-0.25, -0.2) is 0 Å². The van der Waals surface area contributed by atoms with E-state index in [9.17, 15) is 0 Å². The molecular weight excluding hydrogens is 340 g/mol. The summed E-state index contributed by atoms with van der Waals surface area (Å²) in [5.41, 5.74) is 2.82. The van der Waals surface area contributed by atoms with Gasteiger partial charge >= 0.3 is 0 Å². The van der Waals surface area contributed by atoms with Crippen molar-refractivity contribution >= 4 is 0 Å². The molecule has 2 aliphatic rings. The van der Waals surface area contributed by atoms with Gasteiger partial charge in [0.1, 0.15) is 0 Å². The highest BCUT2D eigenvalue weighted by Gasteiger charge is 2.29. The molecule has 150 valence electrons. The first-order valence-corrected chi connectivity index (χ1v) is 11.5. The van der Waals surface area contributed by atoms with E-state index in [2.05, 4.69) is 71.3 Å². The van der Waals surface area contributed by atoms with Gasteiger partial charge in [-0.05, 0) is 36.8 Å². The van der Waals surface area contributed by atoms with E-state index in [4.69, 9.17) is 0 Å². The third-order valence-electron chi connectivity index (χ3n) is 6.69. The Morgan fingerprint density at radius 2 is 0.857 bits per heavy atom.